The number of ether oxygens (including phenoxy) is 1. The van der Waals surface area contributed by atoms with Crippen LogP contribution in [0.15, 0.2) is 24.3 Å². The lowest BCUT2D eigenvalue weighted by Gasteiger charge is -2.32. The van der Waals surface area contributed by atoms with Crippen LogP contribution in [0, 0.1) is 11.8 Å². The maximum absolute atomic E-state index is 11.6. The number of hydrogen-bond acceptors (Lipinski definition) is 3. The highest BCUT2D eigenvalue weighted by Crippen LogP contribution is 2.32. The minimum Gasteiger partial charge on any atom is -0.497 e. The quantitative estimate of drug-likeness (QED) is 0.866. The van der Waals surface area contributed by atoms with Crippen LogP contribution in [0.25, 0.3) is 0 Å². The highest BCUT2D eigenvalue weighted by atomic mass is 16.5. The number of methoxy groups -OCH3 is 1. The summed E-state index contributed by atoms with van der Waals surface area (Å²) in [4.78, 5) is 11.6. The summed E-state index contributed by atoms with van der Waals surface area (Å²) in [5.41, 5.74) is 0.801. The summed E-state index contributed by atoms with van der Waals surface area (Å²) >= 11 is 0. The Balaban J connectivity index is 2.10. The number of aliphatic carboxylic acids is 1. The van der Waals surface area contributed by atoms with Crippen molar-refractivity contribution >= 4 is 11.7 Å². The number of hydrogen-bond donors (Lipinski definition) is 2. The van der Waals surface area contributed by atoms with E-state index >= 15 is 0 Å². The molecule has 0 bridgehead atoms. The molecular formula is C16H23NO3. The van der Waals surface area contributed by atoms with Crippen LogP contribution in [0.3, 0.4) is 0 Å². The lowest BCUT2D eigenvalue weighted by atomic mass is 9.78. The van der Waals surface area contributed by atoms with Gasteiger partial charge < -0.3 is 15.2 Å². The van der Waals surface area contributed by atoms with E-state index in [1.54, 1.807) is 7.11 Å². The average Bonchev–Trinajstić information content (AvgIpc) is 2.44. The van der Waals surface area contributed by atoms with Crippen molar-refractivity contribution in [1.82, 2.24) is 0 Å². The van der Waals surface area contributed by atoms with E-state index in [1.807, 2.05) is 24.3 Å². The van der Waals surface area contributed by atoms with Gasteiger partial charge in [0.25, 0.3) is 0 Å². The summed E-state index contributed by atoms with van der Waals surface area (Å²) in [6, 6.07) is 6.91. The molecule has 0 radical (unpaired) electrons. The normalized spacial score (nSPS) is 23.9. The molecular weight excluding hydrogens is 254 g/mol. The Hall–Kier alpha value is -1.71. The van der Waals surface area contributed by atoms with E-state index in [1.165, 1.54) is 6.42 Å². The van der Waals surface area contributed by atoms with Gasteiger partial charge in [0.2, 0.25) is 0 Å². The summed E-state index contributed by atoms with van der Waals surface area (Å²) in [5.74, 6) is 0.772. The van der Waals surface area contributed by atoms with E-state index in [-0.39, 0.29) is 5.92 Å². The fraction of sp³-hybridized carbons (Fsp3) is 0.562. The molecule has 4 nitrogen and oxygen atoms in total. The van der Waals surface area contributed by atoms with Gasteiger partial charge in [-0.05, 0) is 36.8 Å². The van der Waals surface area contributed by atoms with Crippen LogP contribution in [-0.4, -0.2) is 24.2 Å². The van der Waals surface area contributed by atoms with E-state index in [9.17, 15) is 9.90 Å². The van der Waals surface area contributed by atoms with Crippen LogP contribution in [-0.2, 0) is 4.79 Å². The third-order valence-corrected chi connectivity index (χ3v) is 4.11. The second-order valence-electron chi connectivity index (χ2n) is 5.72. The van der Waals surface area contributed by atoms with Crippen molar-refractivity contribution in [2.45, 2.75) is 38.6 Å². The Morgan fingerprint density at radius 3 is 2.90 bits per heavy atom. The molecule has 0 saturated heterocycles. The largest absolute Gasteiger partial charge is 0.497 e. The number of carboxylic acids is 1. The first kappa shape index (κ1) is 14.7. The molecule has 1 saturated carbocycles. The molecule has 1 aliphatic carbocycles. The van der Waals surface area contributed by atoms with Crippen LogP contribution >= 0.6 is 0 Å². The van der Waals surface area contributed by atoms with Crippen LogP contribution in [0.1, 0.15) is 32.6 Å². The third-order valence-electron chi connectivity index (χ3n) is 4.11. The van der Waals surface area contributed by atoms with E-state index in [0.717, 1.165) is 30.7 Å². The maximum atomic E-state index is 11.6. The predicted molar refractivity (Wildman–Crippen MR) is 79.2 cm³/mol. The van der Waals surface area contributed by atoms with Crippen LogP contribution in [0.2, 0.25) is 0 Å². The molecule has 1 aliphatic rings. The number of carbonyl (C=O) groups is 1. The van der Waals surface area contributed by atoms with Gasteiger partial charge in [-0.25, -0.2) is 4.79 Å². The molecule has 0 aromatic heterocycles. The molecule has 2 rings (SSSR count). The summed E-state index contributed by atoms with van der Waals surface area (Å²) in [7, 11) is 1.61. The number of carboxylic acid groups (broad SMARTS) is 1. The van der Waals surface area contributed by atoms with Gasteiger partial charge in [-0.3, -0.25) is 0 Å². The summed E-state index contributed by atoms with van der Waals surface area (Å²) < 4.78 is 5.17. The lowest BCUT2D eigenvalue weighted by molar-refractivity contribution is -0.139. The molecule has 0 aliphatic heterocycles. The van der Waals surface area contributed by atoms with Crippen molar-refractivity contribution < 1.29 is 14.6 Å². The lowest BCUT2D eigenvalue weighted by Crippen LogP contribution is -2.39. The highest BCUT2D eigenvalue weighted by molar-refractivity contribution is 5.78. The molecule has 110 valence electrons. The van der Waals surface area contributed by atoms with E-state index < -0.39 is 12.0 Å². The Labute approximate surface area is 120 Å². The number of nitrogens with one attached hydrogen (secondary N) is 1. The summed E-state index contributed by atoms with van der Waals surface area (Å²) in [6.45, 7) is 2.20. The first-order valence-electron chi connectivity index (χ1n) is 7.23. The van der Waals surface area contributed by atoms with Crippen LogP contribution in [0.5, 0.6) is 5.75 Å². The van der Waals surface area contributed by atoms with Gasteiger partial charge >= 0.3 is 5.97 Å². The number of rotatable bonds is 5. The molecule has 20 heavy (non-hydrogen) atoms. The third kappa shape index (κ3) is 3.65. The van der Waals surface area contributed by atoms with Crippen LogP contribution in [0.4, 0.5) is 5.69 Å². The molecule has 0 amide bonds. The Kier molecular flexibility index (Phi) is 4.88. The van der Waals surface area contributed by atoms with Gasteiger partial charge in [-0.15, -0.1) is 0 Å². The first-order valence-corrected chi connectivity index (χ1v) is 7.23. The van der Waals surface area contributed by atoms with E-state index in [4.69, 9.17) is 4.74 Å². The molecule has 2 N–H and O–H groups in total. The smallest absolute Gasteiger partial charge is 0.326 e. The fourth-order valence-electron chi connectivity index (χ4n) is 3.06. The van der Waals surface area contributed by atoms with Gasteiger partial charge in [0, 0.05) is 11.8 Å². The maximum Gasteiger partial charge on any atom is 0.326 e. The van der Waals surface area contributed by atoms with E-state index in [2.05, 4.69) is 12.2 Å². The van der Waals surface area contributed by atoms with Gasteiger partial charge in [-0.1, -0.05) is 25.8 Å². The molecule has 3 atom stereocenters. The highest BCUT2D eigenvalue weighted by Gasteiger charge is 2.31. The monoisotopic (exact) mass is 277 g/mol. The Morgan fingerprint density at radius 1 is 1.45 bits per heavy atom. The molecule has 1 fully saturated rings. The van der Waals surface area contributed by atoms with Crippen LogP contribution < -0.4 is 10.1 Å². The van der Waals surface area contributed by atoms with Gasteiger partial charge in [-0.2, -0.15) is 0 Å². The first-order chi connectivity index (χ1) is 9.60. The minimum atomic E-state index is -0.771. The zero-order valence-corrected chi connectivity index (χ0v) is 12.1. The van der Waals surface area contributed by atoms with E-state index in [0.29, 0.717) is 5.92 Å². The fourth-order valence-corrected chi connectivity index (χ4v) is 3.06. The predicted octanol–water partition coefficient (Wildman–Crippen LogP) is 3.39. The Morgan fingerprint density at radius 2 is 2.25 bits per heavy atom. The molecule has 4 heteroatoms. The topological polar surface area (TPSA) is 58.6 Å². The molecule has 1 aromatic rings. The molecule has 0 heterocycles. The zero-order valence-electron chi connectivity index (χ0n) is 12.1. The standard InChI is InChI=1S/C16H23NO3/c1-11-5-3-6-12(9-11)15(16(18)19)17-13-7-4-8-14(10-13)20-2/h4,7-8,10-12,15,17H,3,5-6,9H2,1-2H3,(H,18,19). The van der Waals surface area contributed by atoms with Crippen molar-refractivity contribution in [1.29, 1.82) is 0 Å². The summed E-state index contributed by atoms with van der Waals surface area (Å²) in [5, 5.41) is 12.7. The minimum absolute atomic E-state index is 0.197. The zero-order chi connectivity index (χ0) is 14.5. The molecule has 0 spiro atoms. The SMILES string of the molecule is COc1cccc(NC(C(=O)O)C2CCCC(C)C2)c1. The number of anilines is 1. The van der Waals surface area contributed by atoms with Crippen molar-refractivity contribution in [3.8, 4) is 5.75 Å². The average molecular weight is 277 g/mol. The van der Waals surface area contributed by atoms with Gasteiger partial charge in [0.15, 0.2) is 0 Å². The molecule has 1 aromatic carbocycles. The molecule has 3 unspecified atom stereocenters. The van der Waals surface area contributed by atoms with Crippen molar-refractivity contribution in [2.24, 2.45) is 11.8 Å². The van der Waals surface area contributed by atoms with Gasteiger partial charge in [0.1, 0.15) is 11.8 Å². The van der Waals surface area contributed by atoms with Crippen molar-refractivity contribution in [2.75, 3.05) is 12.4 Å². The van der Waals surface area contributed by atoms with Crippen molar-refractivity contribution in [3.63, 3.8) is 0 Å². The second-order valence-corrected chi connectivity index (χ2v) is 5.72. The summed E-state index contributed by atoms with van der Waals surface area (Å²) in [6.07, 6.45) is 4.30. The second kappa shape index (κ2) is 6.64. The van der Waals surface area contributed by atoms with Gasteiger partial charge in [0.05, 0.1) is 7.11 Å². The number of benzene rings is 1. The van der Waals surface area contributed by atoms with Crippen molar-refractivity contribution in [3.05, 3.63) is 24.3 Å². The Bertz CT molecular complexity index is 461.